The Morgan fingerprint density at radius 2 is 2.11 bits per heavy atom. The molecule has 1 unspecified atom stereocenters. The van der Waals surface area contributed by atoms with Gasteiger partial charge in [0.1, 0.15) is 0 Å². The largest absolute Gasteiger partial charge is 0.377 e. The van der Waals surface area contributed by atoms with Crippen LogP contribution < -0.4 is 5.32 Å². The molecule has 0 bridgehead atoms. The molecule has 1 aliphatic heterocycles. The minimum atomic E-state index is -3.11. The normalized spacial score (nSPS) is 22.3. The number of ether oxygens (including phenoxy) is 1. The highest BCUT2D eigenvalue weighted by Gasteiger charge is 2.25. The van der Waals surface area contributed by atoms with Gasteiger partial charge in [0.05, 0.1) is 11.9 Å². The third kappa shape index (κ3) is 6.70. The maximum atomic E-state index is 12.2. The predicted octanol–water partition coefficient (Wildman–Crippen LogP) is 1.21. The molecule has 6 heteroatoms. The summed E-state index contributed by atoms with van der Waals surface area (Å²) in [6.07, 6.45) is 3.55. The predicted molar refractivity (Wildman–Crippen MR) is 77.8 cm³/mol. The van der Waals surface area contributed by atoms with Gasteiger partial charge in [0.2, 0.25) is 10.0 Å². The Balaban J connectivity index is 2.29. The van der Waals surface area contributed by atoms with Crippen molar-refractivity contribution in [2.75, 3.05) is 38.5 Å². The molecule has 0 spiro atoms. The van der Waals surface area contributed by atoms with Crippen LogP contribution in [-0.2, 0) is 14.8 Å². The summed E-state index contributed by atoms with van der Waals surface area (Å²) in [7, 11) is -3.11. The van der Waals surface area contributed by atoms with Crippen molar-refractivity contribution in [3.8, 4) is 0 Å². The second-order valence-corrected chi connectivity index (χ2v) is 7.25. The molecule has 0 aromatic rings. The standard InChI is InChI=1S/C13H28N2O3S/c1-3-7-14-8-4-5-11-19(16,17)15-9-6-10-18-13(2)12-15/h13-14H,3-12H2,1-2H3. The van der Waals surface area contributed by atoms with E-state index in [0.717, 1.165) is 38.8 Å². The van der Waals surface area contributed by atoms with Gasteiger partial charge in [0, 0.05) is 19.7 Å². The fraction of sp³-hybridized carbons (Fsp3) is 1.00. The van der Waals surface area contributed by atoms with E-state index in [-0.39, 0.29) is 11.9 Å². The van der Waals surface area contributed by atoms with E-state index in [1.54, 1.807) is 4.31 Å². The van der Waals surface area contributed by atoms with Crippen LogP contribution in [0.15, 0.2) is 0 Å². The Morgan fingerprint density at radius 1 is 1.32 bits per heavy atom. The molecule has 0 amide bonds. The lowest BCUT2D eigenvalue weighted by atomic mass is 10.3. The van der Waals surface area contributed by atoms with E-state index in [9.17, 15) is 8.42 Å². The van der Waals surface area contributed by atoms with E-state index in [1.807, 2.05) is 6.92 Å². The number of hydrogen-bond donors (Lipinski definition) is 1. The summed E-state index contributed by atoms with van der Waals surface area (Å²) in [5.74, 6) is 0.257. The van der Waals surface area contributed by atoms with Crippen molar-refractivity contribution in [1.29, 1.82) is 0 Å². The van der Waals surface area contributed by atoms with Crippen molar-refractivity contribution in [3.05, 3.63) is 0 Å². The monoisotopic (exact) mass is 292 g/mol. The molecule has 1 rings (SSSR count). The number of sulfonamides is 1. The highest BCUT2D eigenvalue weighted by Crippen LogP contribution is 2.12. The number of nitrogens with zero attached hydrogens (tertiary/aromatic N) is 1. The summed E-state index contributed by atoms with van der Waals surface area (Å²) in [5.41, 5.74) is 0. The molecule has 1 atom stereocenters. The second-order valence-electron chi connectivity index (χ2n) is 5.17. The number of unbranched alkanes of at least 4 members (excludes halogenated alkanes) is 1. The highest BCUT2D eigenvalue weighted by molar-refractivity contribution is 7.89. The average molecular weight is 292 g/mol. The van der Waals surface area contributed by atoms with Gasteiger partial charge < -0.3 is 10.1 Å². The van der Waals surface area contributed by atoms with Crippen molar-refractivity contribution in [3.63, 3.8) is 0 Å². The van der Waals surface area contributed by atoms with Gasteiger partial charge in [-0.1, -0.05) is 6.92 Å². The van der Waals surface area contributed by atoms with Gasteiger partial charge >= 0.3 is 0 Å². The molecule has 0 aromatic heterocycles. The first kappa shape index (κ1) is 16.9. The number of rotatable bonds is 8. The van der Waals surface area contributed by atoms with E-state index in [4.69, 9.17) is 4.74 Å². The third-order valence-electron chi connectivity index (χ3n) is 3.24. The molecule has 0 aliphatic carbocycles. The molecule has 1 saturated heterocycles. The Labute approximate surface area is 117 Å². The summed E-state index contributed by atoms with van der Waals surface area (Å²) < 4.78 is 31.5. The molecule has 1 aliphatic rings. The number of hydrogen-bond acceptors (Lipinski definition) is 4. The van der Waals surface area contributed by atoms with Crippen LogP contribution in [0.2, 0.25) is 0 Å². The van der Waals surface area contributed by atoms with E-state index in [0.29, 0.717) is 19.7 Å². The lowest BCUT2D eigenvalue weighted by Crippen LogP contribution is -2.37. The zero-order valence-corrected chi connectivity index (χ0v) is 13.0. The van der Waals surface area contributed by atoms with Crippen LogP contribution in [0.1, 0.15) is 39.5 Å². The maximum Gasteiger partial charge on any atom is 0.214 e. The van der Waals surface area contributed by atoms with Gasteiger partial charge in [0.15, 0.2) is 0 Å². The van der Waals surface area contributed by atoms with Gasteiger partial charge in [-0.05, 0) is 45.7 Å². The van der Waals surface area contributed by atoms with Crippen LogP contribution in [0.3, 0.4) is 0 Å². The van der Waals surface area contributed by atoms with Gasteiger partial charge in [-0.2, -0.15) is 4.31 Å². The molecule has 5 nitrogen and oxygen atoms in total. The summed E-state index contributed by atoms with van der Waals surface area (Å²) in [6, 6.07) is 0. The Kier molecular flexibility index (Phi) is 7.90. The first-order valence-electron chi connectivity index (χ1n) is 7.36. The molecular formula is C13H28N2O3S. The first-order chi connectivity index (χ1) is 9.06. The van der Waals surface area contributed by atoms with Gasteiger partial charge in [0.25, 0.3) is 0 Å². The smallest absolute Gasteiger partial charge is 0.214 e. The Morgan fingerprint density at radius 3 is 2.84 bits per heavy atom. The average Bonchev–Trinajstić information content (AvgIpc) is 2.59. The Hall–Kier alpha value is -0.170. The SMILES string of the molecule is CCCNCCCCS(=O)(=O)N1CCCOC(C)C1. The molecule has 1 fully saturated rings. The summed E-state index contributed by atoms with van der Waals surface area (Å²) in [4.78, 5) is 0. The highest BCUT2D eigenvalue weighted by atomic mass is 32.2. The van der Waals surface area contributed by atoms with Gasteiger partial charge in [-0.25, -0.2) is 8.42 Å². The van der Waals surface area contributed by atoms with E-state index >= 15 is 0 Å². The van der Waals surface area contributed by atoms with Crippen molar-refractivity contribution < 1.29 is 13.2 Å². The molecule has 114 valence electrons. The third-order valence-corrected chi connectivity index (χ3v) is 5.16. The molecular weight excluding hydrogens is 264 g/mol. The van der Waals surface area contributed by atoms with Crippen LogP contribution >= 0.6 is 0 Å². The molecule has 19 heavy (non-hydrogen) atoms. The number of nitrogens with one attached hydrogen (secondary N) is 1. The zero-order chi connectivity index (χ0) is 14.1. The fourth-order valence-electron chi connectivity index (χ4n) is 2.17. The van der Waals surface area contributed by atoms with Crippen molar-refractivity contribution in [2.45, 2.75) is 45.6 Å². The van der Waals surface area contributed by atoms with Crippen LogP contribution in [-0.4, -0.2) is 57.4 Å². The molecule has 1 heterocycles. The van der Waals surface area contributed by atoms with Crippen molar-refractivity contribution in [1.82, 2.24) is 9.62 Å². The van der Waals surface area contributed by atoms with Gasteiger partial charge in [-0.15, -0.1) is 0 Å². The van der Waals surface area contributed by atoms with E-state index in [1.165, 1.54) is 0 Å². The van der Waals surface area contributed by atoms with Crippen LogP contribution in [0.5, 0.6) is 0 Å². The molecule has 1 N–H and O–H groups in total. The maximum absolute atomic E-state index is 12.2. The van der Waals surface area contributed by atoms with Gasteiger partial charge in [-0.3, -0.25) is 0 Å². The van der Waals surface area contributed by atoms with Crippen LogP contribution in [0, 0.1) is 0 Å². The second kappa shape index (κ2) is 8.89. The molecule has 0 aromatic carbocycles. The quantitative estimate of drug-likeness (QED) is 0.683. The lowest BCUT2D eigenvalue weighted by Gasteiger charge is -2.21. The van der Waals surface area contributed by atoms with Crippen molar-refractivity contribution >= 4 is 10.0 Å². The molecule has 0 saturated carbocycles. The zero-order valence-electron chi connectivity index (χ0n) is 12.2. The lowest BCUT2D eigenvalue weighted by molar-refractivity contribution is 0.0752. The minimum absolute atomic E-state index is 0.00324. The van der Waals surface area contributed by atoms with E-state index < -0.39 is 10.0 Å². The fourth-order valence-corrected chi connectivity index (χ4v) is 3.85. The molecule has 0 radical (unpaired) electrons. The summed E-state index contributed by atoms with van der Waals surface area (Å²) in [6.45, 7) is 7.73. The minimum Gasteiger partial charge on any atom is -0.377 e. The van der Waals surface area contributed by atoms with Crippen molar-refractivity contribution in [2.24, 2.45) is 0 Å². The van der Waals surface area contributed by atoms with Crippen LogP contribution in [0.25, 0.3) is 0 Å². The van der Waals surface area contributed by atoms with E-state index in [2.05, 4.69) is 12.2 Å². The topological polar surface area (TPSA) is 58.6 Å². The van der Waals surface area contributed by atoms with Crippen LogP contribution in [0.4, 0.5) is 0 Å². The summed E-state index contributed by atoms with van der Waals surface area (Å²) >= 11 is 0. The Bertz CT molecular complexity index is 333. The first-order valence-corrected chi connectivity index (χ1v) is 8.97. The summed E-state index contributed by atoms with van der Waals surface area (Å²) in [5, 5.41) is 3.29.